The molecule has 0 radical (unpaired) electrons. The average molecular weight is 321 g/mol. The molecule has 1 N–H and O–H groups in total. The quantitative estimate of drug-likeness (QED) is 0.385. The molecule has 0 aromatic heterocycles. The second-order valence-electron chi connectivity index (χ2n) is 5.29. The third-order valence-electron chi connectivity index (χ3n) is 3.85. The van der Waals surface area contributed by atoms with Crippen molar-refractivity contribution in [2.75, 3.05) is 13.7 Å². The highest BCUT2D eigenvalue weighted by Crippen LogP contribution is 2.29. The number of hydrogen-bond acceptors (Lipinski definition) is 6. The van der Waals surface area contributed by atoms with Gasteiger partial charge in [-0.2, -0.15) is 0 Å². The number of methoxy groups -OCH3 is 1. The molecule has 0 aliphatic carbocycles. The van der Waals surface area contributed by atoms with Crippen molar-refractivity contribution in [1.29, 1.82) is 0 Å². The van der Waals surface area contributed by atoms with Crippen LogP contribution in [0.15, 0.2) is 35.4 Å². The topological polar surface area (TPSA) is 114 Å². The molecular weight excluding hydrogens is 302 g/mol. The van der Waals surface area contributed by atoms with Gasteiger partial charge < -0.3 is 19.3 Å². The number of azide groups is 1. The summed E-state index contributed by atoms with van der Waals surface area (Å²) in [5, 5.41) is 13.9. The fraction of sp³-hybridized carbons (Fsp3) is 0.533. The zero-order valence-corrected chi connectivity index (χ0v) is 12.9. The number of carbonyl (C=O) groups is 1. The van der Waals surface area contributed by atoms with Crippen LogP contribution in [0.25, 0.3) is 10.4 Å². The van der Waals surface area contributed by atoms with Crippen molar-refractivity contribution in [2.24, 2.45) is 11.0 Å². The Labute approximate surface area is 133 Å². The van der Waals surface area contributed by atoms with Gasteiger partial charge in [0.25, 0.3) is 0 Å². The first-order chi connectivity index (χ1) is 11.1. The molecular formula is C15H19N3O5. The molecule has 8 heteroatoms. The van der Waals surface area contributed by atoms with Gasteiger partial charge in [-0.3, -0.25) is 0 Å². The predicted octanol–water partition coefficient (Wildman–Crippen LogP) is 1.89. The maximum absolute atomic E-state index is 11.9. The van der Waals surface area contributed by atoms with Crippen LogP contribution in [0.5, 0.6) is 0 Å². The van der Waals surface area contributed by atoms with E-state index in [0.717, 1.165) is 0 Å². The van der Waals surface area contributed by atoms with Crippen LogP contribution in [0, 0.1) is 5.92 Å². The van der Waals surface area contributed by atoms with Crippen molar-refractivity contribution in [3.63, 3.8) is 0 Å². The van der Waals surface area contributed by atoms with Gasteiger partial charge in [-0.1, -0.05) is 30.2 Å². The summed E-state index contributed by atoms with van der Waals surface area (Å²) < 4.78 is 15.9. The Morgan fingerprint density at radius 3 is 2.74 bits per heavy atom. The van der Waals surface area contributed by atoms with Crippen molar-refractivity contribution in [1.82, 2.24) is 0 Å². The van der Waals surface area contributed by atoms with E-state index < -0.39 is 36.4 Å². The SMILES string of the molecule is COC1OC(COC(=O)c2ccccc2)C(O)[C@H](C)[C@H]1N=[N+]=[N-]. The molecule has 8 nitrogen and oxygen atoms in total. The van der Waals surface area contributed by atoms with E-state index in [1.54, 1.807) is 37.3 Å². The van der Waals surface area contributed by atoms with Gasteiger partial charge >= 0.3 is 5.97 Å². The molecule has 1 fully saturated rings. The molecule has 1 aliphatic rings. The van der Waals surface area contributed by atoms with Crippen LogP contribution in [-0.2, 0) is 14.2 Å². The lowest BCUT2D eigenvalue weighted by Crippen LogP contribution is -2.54. The lowest BCUT2D eigenvalue weighted by molar-refractivity contribution is -0.243. The van der Waals surface area contributed by atoms with Gasteiger partial charge in [-0.25, -0.2) is 4.79 Å². The number of nitrogens with zero attached hydrogens (tertiary/aromatic N) is 3. The van der Waals surface area contributed by atoms with E-state index in [1.165, 1.54) is 7.11 Å². The second-order valence-corrected chi connectivity index (χ2v) is 5.29. The van der Waals surface area contributed by atoms with Gasteiger partial charge in [-0.05, 0) is 23.6 Å². The van der Waals surface area contributed by atoms with Gasteiger partial charge in [0.15, 0.2) is 6.29 Å². The van der Waals surface area contributed by atoms with Crippen LogP contribution >= 0.6 is 0 Å². The van der Waals surface area contributed by atoms with Gasteiger partial charge in [0, 0.05) is 12.0 Å². The van der Waals surface area contributed by atoms with E-state index in [1.807, 2.05) is 0 Å². The molecule has 0 bridgehead atoms. The zero-order valence-electron chi connectivity index (χ0n) is 12.9. The Morgan fingerprint density at radius 1 is 1.43 bits per heavy atom. The van der Waals surface area contributed by atoms with Gasteiger partial charge in [0.1, 0.15) is 12.7 Å². The van der Waals surface area contributed by atoms with E-state index >= 15 is 0 Å². The molecule has 0 amide bonds. The minimum absolute atomic E-state index is 0.123. The molecule has 1 aliphatic heterocycles. The Morgan fingerprint density at radius 2 is 2.13 bits per heavy atom. The Kier molecular flexibility index (Phi) is 5.95. The molecule has 1 heterocycles. The van der Waals surface area contributed by atoms with Crippen molar-refractivity contribution >= 4 is 5.97 Å². The molecule has 5 atom stereocenters. The van der Waals surface area contributed by atoms with Gasteiger partial charge in [0.2, 0.25) is 0 Å². The van der Waals surface area contributed by atoms with E-state index in [2.05, 4.69) is 10.0 Å². The summed E-state index contributed by atoms with van der Waals surface area (Å²) in [5.74, 6) is -0.898. The Balaban J connectivity index is 2.00. The lowest BCUT2D eigenvalue weighted by Gasteiger charge is -2.40. The van der Waals surface area contributed by atoms with Crippen LogP contribution in [0.1, 0.15) is 17.3 Å². The number of aliphatic hydroxyl groups is 1. The fourth-order valence-corrected chi connectivity index (χ4v) is 2.49. The van der Waals surface area contributed by atoms with E-state index in [4.69, 9.17) is 19.7 Å². The summed E-state index contributed by atoms with van der Waals surface area (Å²) in [5.41, 5.74) is 9.02. The molecule has 1 saturated heterocycles. The molecule has 2 rings (SSSR count). The summed E-state index contributed by atoms with van der Waals surface area (Å²) in [6.07, 6.45) is -2.50. The van der Waals surface area contributed by atoms with Crippen LogP contribution in [0.2, 0.25) is 0 Å². The highest BCUT2D eigenvalue weighted by Gasteiger charge is 2.43. The number of aliphatic hydroxyl groups excluding tert-OH is 1. The molecule has 3 unspecified atom stereocenters. The number of rotatable bonds is 5. The maximum atomic E-state index is 11.9. The zero-order chi connectivity index (χ0) is 16.8. The van der Waals surface area contributed by atoms with Crippen molar-refractivity contribution in [3.05, 3.63) is 46.3 Å². The van der Waals surface area contributed by atoms with Gasteiger partial charge in [-0.15, -0.1) is 0 Å². The van der Waals surface area contributed by atoms with Crippen molar-refractivity contribution in [3.8, 4) is 0 Å². The van der Waals surface area contributed by atoms with Crippen LogP contribution in [-0.4, -0.2) is 49.3 Å². The molecule has 23 heavy (non-hydrogen) atoms. The predicted molar refractivity (Wildman–Crippen MR) is 80.5 cm³/mol. The number of hydrogen-bond donors (Lipinski definition) is 1. The second kappa shape index (κ2) is 7.94. The first-order valence-corrected chi connectivity index (χ1v) is 7.21. The first kappa shape index (κ1) is 17.2. The summed E-state index contributed by atoms with van der Waals surface area (Å²) >= 11 is 0. The summed E-state index contributed by atoms with van der Waals surface area (Å²) in [7, 11) is 1.42. The van der Waals surface area contributed by atoms with Crippen LogP contribution in [0.3, 0.4) is 0 Å². The monoisotopic (exact) mass is 321 g/mol. The molecule has 1 aromatic carbocycles. The highest BCUT2D eigenvalue weighted by atomic mass is 16.7. The maximum Gasteiger partial charge on any atom is 0.338 e. The van der Waals surface area contributed by atoms with Gasteiger partial charge in [0.05, 0.1) is 17.7 Å². The minimum atomic E-state index is -0.944. The van der Waals surface area contributed by atoms with Crippen LogP contribution < -0.4 is 0 Å². The third-order valence-corrected chi connectivity index (χ3v) is 3.85. The highest BCUT2D eigenvalue weighted by molar-refractivity contribution is 5.89. The Hall–Kier alpha value is -2.12. The van der Waals surface area contributed by atoms with Crippen molar-refractivity contribution < 1.29 is 24.1 Å². The van der Waals surface area contributed by atoms with E-state index in [9.17, 15) is 9.90 Å². The Bertz CT molecular complexity index is 574. The summed E-state index contributed by atoms with van der Waals surface area (Å²) in [4.78, 5) is 14.7. The van der Waals surface area contributed by atoms with Crippen LogP contribution in [0.4, 0.5) is 0 Å². The van der Waals surface area contributed by atoms with E-state index in [0.29, 0.717) is 5.56 Å². The smallest absolute Gasteiger partial charge is 0.338 e. The number of esters is 1. The molecule has 0 saturated carbocycles. The minimum Gasteiger partial charge on any atom is -0.459 e. The van der Waals surface area contributed by atoms with Crippen molar-refractivity contribution in [2.45, 2.75) is 31.5 Å². The first-order valence-electron chi connectivity index (χ1n) is 7.21. The molecule has 0 spiro atoms. The standard InChI is InChI=1S/C15H19N3O5/c1-9-12(17-18-16)15(21-2)23-11(13(9)19)8-22-14(20)10-6-4-3-5-7-10/h3-7,9,11-13,15,19H,8H2,1-2H3/t9-,11?,12-,13?,15?/m1/s1. The third kappa shape index (κ3) is 4.00. The summed E-state index contributed by atoms with van der Waals surface area (Å²) in [6.45, 7) is 1.60. The average Bonchev–Trinajstić information content (AvgIpc) is 2.59. The summed E-state index contributed by atoms with van der Waals surface area (Å²) in [6, 6.07) is 7.89. The molecule has 124 valence electrons. The number of ether oxygens (including phenoxy) is 3. The van der Waals surface area contributed by atoms with E-state index in [-0.39, 0.29) is 6.61 Å². The largest absolute Gasteiger partial charge is 0.459 e. The normalized spacial score (nSPS) is 30.3. The number of carbonyl (C=O) groups excluding carboxylic acids is 1. The molecule has 1 aromatic rings. The fourth-order valence-electron chi connectivity index (χ4n) is 2.49. The lowest BCUT2D eigenvalue weighted by atomic mass is 9.89. The number of benzene rings is 1.